The van der Waals surface area contributed by atoms with Gasteiger partial charge >= 0.3 is 0 Å². The number of nitrogens with one attached hydrogen (secondary N) is 1. The van der Waals surface area contributed by atoms with Crippen LogP contribution in [0.2, 0.25) is 0 Å². The predicted molar refractivity (Wildman–Crippen MR) is 76.0 cm³/mol. The maximum Gasteiger partial charge on any atom is 0.165 e. The molecular weight excluding hydrogens is 255 g/mol. The van der Waals surface area contributed by atoms with Gasteiger partial charge in [0.15, 0.2) is 11.6 Å². The van der Waals surface area contributed by atoms with Crippen LogP contribution in [-0.4, -0.2) is 7.11 Å². The topological polar surface area (TPSA) is 45.0 Å². The molecule has 4 heteroatoms. The van der Waals surface area contributed by atoms with Gasteiger partial charge < -0.3 is 10.1 Å². The smallest absolute Gasteiger partial charge is 0.165 e. The molecule has 0 saturated carbocycles. The third-order valence-electron chi connectivity index (χ3n) is 2.99. The van der Waals surface area contributed by atoms with Crippen LogP contribution in [0.4, 0.5) is 10.1 Å². The standard InChI is InChI=1S/C16H15FN2O/c1-20-16-11-13(7-8-14(16)17)19-15(9-10-18)12-5-3-2-4-6-12/h2-8,11,15,19H,9H2,1H3. The molecule has 0 aliphatic heterocycles. The summed E-state index contributed by atoms with van der Waals surface area (Å²) in [7, 11) is 1.42. The zero-order chi connectivity index (χ0) is 14.4. The molecule has 2 aromatic rings. The summed E-state index contributed by atoms with van der Waals surface area (Å²) < 4.78 is 18.3. The Morgan fingerprint density at radius 3 is 2.65 bits per heavy atom. The van der Waals surface area contributed by atoms with Crippen LogP contribution in [0.25, 0.3) is 0 Å². The molecule has 1 unspecified atom stereocenters. The van der Waals surface area contributed by atoms with Gasteiger partial charge in [0.1, 0.15) is 0 Å². The number of hydrogen-bond donors (Lipinski definition) is 1. The highest BCUT2D eigenvalue weighted by Gasteiger charge is 2.12. The molecule has 1 N–H and O–H groups in total. The fraction of sp³-hybridized carbons (Fsp3) is 0.188. The largest absolute Gasteiger partial charge is 0.494 e. The Balaban J connectivity index is 2.23. The SMILES string of the molecule is COc1cc(NC(CC#N)c2ccccc2)ccc1F. The van der Waals surface area contributed by atoms with Crippen LogP contribution >= 0.6 is 0 Å². The second-order valence-corrected chi connectivity index (χ2v) is 4.32. The molecule has 0 bridgehead atoms. The molecule has 0 aliphatic carbocycles. The van der Waals surface area contributed by atoms with Crippen LogP contribution in [-0.2, 0) is 0 Å². The first-order valence-corrected chi connectivity index (χ1v) is 6.26. The molecule has 2 rings (SSSR count). The highest BCUT2D eigenvalue weighted by atomic mass is 19.1. The van der Waals surface area contributed by atoms with E-state index in [0.29, 0.717) is 12.1 Å². The van der Waals surface area contributed by atoms with E-state index in [2.05, 4.69) is 11.4 Å². The minimum Gasteiger partial charge on any atom is -0.494 e. The number of anilines is 1. The average Bonchev–Trinajstić information content (AvgIpc) is 2.49. The lowest BCUT2D eigenvalue weighted by Crippen LogP contribution is -2.10. The highest BCUT2D eigenvalue weighted by Crippen LogP contribution is 2.26. The van der Waals surface area contributed by atoms with Crippen molar-refractivity contribution in [2.24, 2.45) is 0 Å². The van der Waals surface area contributed by atoms with Crippen molar-refractivity contribution in [2.75, 3.05) is 12.4 Å². The first-order chi connectivity index (χ1) is 9.74. The van der Waals surface area contributed by atoms with E-state index in [1.165, 1.54) is 13.2 Å². The Morgan fingerprint density at radius 1 is 1.25 bits per heavy atom. The lowest BCUT2D eigenvalue weighted by Gasteiger charge is -2.18. The molecule has 1 atom stereocenters. The van der Waals surface area contributed by atoms with Gasteiger partial charge in [-0.2, -0.15) is 5.26 Å². The molecule has 0 aliphatic rings. The minimum atomic E-state index is -0.408. The molecule has 102 valence electrons. The Labute approximate surface area is 117 Å². The number of nitrogens with zero attached hydrogens (tertiary/aromatic N) is 1. The Kier molecular flexibility index (Phi) is 4.56. The van der Waals surface area contributed by atoms with Crippen LogP contribution in [0.3, 0.4) is 0 Å². The monoisotopic (exact) mass is 270 g/mol. The van der Waals surface area contributed by atoms with Crippen LogP contribution < -0.4 is 10.1 Å². The van der Waals surface area contributed by atoms with Crippen molar-refractivity contribution in [2.45, 2.75) is 12.5 Å². The van der Waals surface area contributed by atoms with Crippen molar-refractivity contribution in [1.82, 2.24) is 0 Å². The molecule has 0 spiro atoms. The zero-order valence-corrected chi connectivity index (χ0v) is 11.1. The van der Waals surface area contributed by atoms with E-state index in [1.54, 1.807) is 12.1 Å². The lowest BCUT2D eigenvalue weighted by atomic mass is 10.0. The molecule has 0 saturated heterocycles. The summed E-state index contributed by atoms with van der Waals surface area (Å²) in [6, 6.07) is 16.3. The first kappa shape index (κ1) is 13.9. The van der Waals surface area contributed by atoms with Crippen LogP contribution in [0.15, 0.2) is 48.5 Å². The third kappa shape index (κ3) is 3.27. The van der Waals surface area contributed by atoms with Crippen molar-refractivity contribution in [3.63, 3.8) is 0 Å². The third-order valence-corrected chi connectivity index (χ3v) is 2.99. The normalized spacial score (nSPS) is 11.4. The number of hydrogen-bond acceptors (Lipinski definition) is 3. The molecule has 20 heavy (non-hydrogen) atoms. The fourth-order valence-electron chi connectivity index (χ4n) is 1.98. The van der Waals surface area contributed by atoms with Crippen molar-refractivity contribution in [3.8, 4) is 11.8 Å². The average molecular weight is 270 g/mol. The van der Waals surface area contributed by atoms with Crippen LogP contribution in [0.5, 0.6) is 5.75 Å². The van der Waals surface area contributed by atoms with E-state index in [1.807, 2.05) is 30.3 Å². The van der Waals surface area contributed by atoms with Crippen molar-refractivity contribution < 1.29 is 9.13 Å². The van der Waals surface area contributed by atoms with Crippen molar-refractivity contribution >= 4 is 5.69 Å². The summed E-state index contributed by atoms with van der Waals surface area (Å²) in [4.78, 5) is 0. The summed E-state index contributed by atoms with van der Waals surface area (Å²) in [5.74, 6) is -0.228. The summed E-state index contributed by atoms with van der Waals surface area (Å²) >= 11 is 0. The summed E-state index contributed by atoms with van der Waals surface area (Å²) in [5.41, 5.74) is 1.73. The number of benzene rings is 2. The van der Waals surface area contributed by atoms with Gasteiger partial charge in [-0.25, -0.2) is 4.39 Å². The van der Waals surface area contributed by atoms with Gasteiger partial charge in [0.05, 0.1) is 25.6 Å². The number of methoxy groups -OCH3 is 1. The van der Waals surface area contributed by atoms with Crippen molar-refractivity contribution in [1.29, 1.82) is 5.26 Å². The Morgan fingerprint density at radius 2 is 2.00 bits per heavy atom. The van der Waals surface area contributed by atoms with E-state index in [0.717, 1.165) is 5.56 Å². The number of nitriles is 1. The van der Waals surface area contributed by atoms with Gasteiger partial charge in [-0.3, -0.25) is 0 Å². The van der Waals surface area contributed by atoms with Gasteiger partial charge in [-0.1, -0.05) is 30.3 Å². The zero-order valence-electron chi connectivity index (χ0n) is 11.1. The Hall–Kier alpha value is -2.54. The van der Waals surface area contributed by atoms with Crippen LogP contribution in [0, 0.1) is 17.1 Å². The van der Waals surface area contributed by atoms with Gasteiger partial charge in [0.25, 0.3) is 0 Å². The second-order valence-electron chi connectivity index (χ2n) is 4.32. The first-order valence-electron chi connectivity index (χ1n) is 6.26. The molecule has 0 fully saturated rings. The predicted octanol–water partition coefficient (Wildman–Crippen LogP) is 3.90. The van der Waals surface area contributed by atoms with E-state index < -0.39 is 5.82 Å². The molecule has 0 heterocycles. The Bertz CT molecular complexity index is 608. The number of rotatable bonds is 5. The van der Waals surface area contributed by atoms with Gasteiger partial charge in [-0.15, -0.1) is 0 Å². The maximum atomic E-state index is 13.4. The van der Waals surface area contributed by atoms with E-state index in [4.69, 9.17) is 10.00 Å². The number of ether oxygens (including phenoxy) is 1. The quantitative estimate of drug-likeness (QED) is 0.896. The minimum absolute atomic E-state index is 0.142. The van der Waals surface area contributed by atoms with Gasteiger partial charge in [0, 0.05) is 11.8 Å². The summed E-state index contributed by atoms with van der Waals surface area (Å²) in [5, 5.41) is 12.2. The maximum absolute atomic E-state index is 13.4. The van der Waals surface area contributed by atoms with E-state index >= 15 is 0 Å². The summed E-state index contributed by atoms with van der Waals surface area (Å²) in [6.45, 7) is 0. The molecule has 3 nitrogen and oxygen atoms in total. The summed E-state index contributed by atoms with van der Waals surface area (Å²) in [6.07, 6.45) is 0.323. The molecular formula is C16H15FN2O. The number of halogens is 1. The van der Waals surface area contributed by atoms with Crippen LogP contribution in [0.1, 0.15) is 18.0 Å². The second kappa shape index (κ2) is 6.58. The molecule has 0 radical (unpaired) electrons. The van der Waals surface area contributed by atoms with Gasteiger partial charge in [-0.05, 0) is 17.7 Å². The van der Waals surface area contributed by atoms with Gasteiger partial charge in [0.2, 0.25) is 0 Å². The van der Waals surface area contributed by atoms with E-state index in [9.17, 15) is 4.39 Å². The molecule has 0 amide bonds. The molecule has 0 aromatic heterocycles. The van der Waals surface area contributed by atoms with E-state index in [-0.39, 0.29) is 11.8 Å². The lowest BCUT2D eigenvalue weighted by molar-refractivity contribution is 0.386. The highest BCUT2D eigenvalue weighted by molar-refractivity contribution is 5.50. The molecule has 2 aromatic carbocycles. The fourth-order valence-corrected chi connectivity index (χ4v) is 1.98. The van der Waals surface area contributed by atoms with Crippen molar-refractivity contribution in [3.05, 3.63) is 59.9 Å².